The molecule has 4 nitrogen and oxygen atoms in total. The molecule has 2 aliphatic rings. The Kier molecular flexibility index (Phi) is 5.87. The highest BCUT2D eigenvalue weighted by atomic mass is 19.1. The van der Waals surface area contributed by atoms with E-state index in [1.807, 2.05) is 0 Å². The third-order valence-corrected chi connectivity index (χ3v) is 5.80. The fourth-order valence-corrected chi connectivity index (χ4v) is 4.35. The summed E-state index contributed by atoms with van der Waals surface area (Å²) < 4.78 is 19.3. The lowest BCUT2D eigenvalue weighted by molar-refractivity contribution is -0.0345. The van der Waals surface area contributed by atoms with Crippen molar-refractivity contribution in [3.05, 3.63) is 35.6 Å². The highest BCUT2D eigenvalue weighted by molar-refractivity contribution is 5.20. The quantitative estimate of drug-likeness (QED) is 0.838. The highest BCUT2D eigenvalue weighted by Gasteiger charge is 2.44. The Morgan fingerprint density at radius 1 is 1.25 bits per heavy atom. The molecule has 0 amide bonds. The van der Waals surface area contributed by atoms with Crippen molar-refractivity contribution in [2.75, 3.05) is 32.8 Å². The molecular weight excluding hydrogens is 307 g/mol. The molecule has 1 aliphatic heterocycles. The molecule has 2 fully saturated rings. The zero-order chi connectivity index (χ0) is 17.0. The summed E-state index contributed by atoms with van der Waals surface area (Å²) >= 11 is 0. The van der Waals surface area contributed by atoms with Gasteiger partial charge < -0.3 is 15.2 Å². The lowest BCUT2D eigenvalue weighted by Gasteiger charge is -2.47. The normalized spacial score (nSPS) is 24.0. The Morgan fingerprint density at radius 2 is 1.92 bits per heavy atom. The molecule has 1 saturated carbocycles. The molecular formula is C19H29FN2O2. The first-order valence-electron chi connectivity index (χ1n) is 9.12. The van der Waals surface area contributed by atoms with Crippen LogP contribution >= 0.6 is 0 Å². The van der Waals surface area contributed by atoms with E-state index >= 15 is 0 Å². The van der Waals surface area contributed by atoms with Crippen LogP contribution < -0.4 is 5.32 Å². The lowest BCUT2D eigenvalue weighted by Crippen LogP contribution is -2.61. The minimum atomic E-state index is -0.822. The van der Waals surface area contributed by atoms with Crippen LogP contribution in [0.5, 0.6) is 0 Å². The van der Waals surface area contributed by atoms with E-state index in [1.165, 1.54) is 31.7 Å². The topological polar surface area (TPSA) is 44.7 Å². The summed E-state index contributed by atoms with van der Waals surface area (Å²) in [5, 5.41) is 13.8. The molecule has 0 spiro atoms. The Hall–Kier alpha value is -1.01. The smallest absolute Gasteiger partial charge is 0.129 e. The second-order valence-corrected chi connectivity index (χ2v) is 7.08. The average Bonchev–Trinajstić information content (AvgIpc) is 3.11. The van der Waals surface area contributed by atoms with Crippen LogP contribution in [0.25, 0.3) is 0 Å². The van der Waals surface area contributed by atoms with Gasteiger partial charge in [-0.25, -0.2) is 4.39 Å². The second kappa shape index (κ2) is 7.91. The van der Waals surface area contributed by atoms with Crippen LogP contribution in [0.3, 0.4) is 0 Å². The van der Waals surface area contributed by atoms with Gasteiger partial charge in [-0.3, -0.25) is 4.90 Å². The molecule has 1 saturated heterocycles. The maximum atomic E-state index is 13.8. The van der Waals surface area contributed by atoms with Crippen LogP contribution in [0.1, 0.15) is 44.3 Å². The van der Waals surface area contributed by atoms with E-state index in [0.29, 0.717) is 12.1 Å². The fourth-order valence-electron chi connectivity index (χ4n) is 4.35. The molecule has 0 bridgehead atoms. The number of hydrogen-bond acceptors (Lipinski definition) is 4. The Labute approximate surface area is 144 Å². The zero-order valence-corrected chi connectivity index (χ0v) is 14.5. The van der Waals surface area contributed by atoms with Crippen molar-refractivity contribution in [3.8, 4) is 0 Å². The molecule has 0 unspecified atom stereocenters. The first-order chi connectivity index (χ1) is 11.6. The Morgan fingerprint density at radius 3 is 2.58 bits per heavy atom. The molecule has 1 aromatic rings. The van der Waals surface area contributed by atoms with Crippen LogP contribution in [-0.4, -0.2) is 54.4 Å². The third kappa shape index (κ3) is 3.64. The molecule has 134 valence electrons. The van der Waals surface area contributed by atoms with Gasteiger partial charge in [-0.15, -0.1) is 0 Å². The largest absolute Gasteiger partial charge is 0.387 e. The molecule has 2 atom stereocenters. The number of morpholine rings is 1. The van der Waals surface area contributed by atoms with Crippen LogP contribution in [0.2, 0.25) is 0 Å². The number of hydrogen-bond donors (Lipinski definition) is 2. The number of benzene rings is 1. The van der Waals surface area contributed by atoms with E-state index in [1.54, 1.807) is 18.2 Å². The second-order valence-electron chi connectivity index (χ2n) is 7.08. The van der Waals surface area contributed by atoms with Crippen molar-refractivity contribution >= 4 is 0 Å². The zero-order valence-electron chi connectivity index (χ0n) is 14.5. The molecule has 5 heteroatoms. The summed E-state index contributed by atoms with van der Waals surface area (Å²) in [5.74, 6) is -0.344. The Balaban J connectivity index is 1.63. The summed E-state index contributed by atoms with van der Waals surface area (Å²) in [6, 6.07) is 6.71. The molecule has 1 heterocycles. The molecule has 1 aromatic carbocycles. The van der Waals surface area contributed by atoms with Gasteiger partial charge in [0, 0.05) is 36.8 Å². The predicted molar refractivity (Wildman–Crippen MR) is 92.4 cm³/mol. The van der Waals surface area contributed by atoms with Crippen LogP contribution in [0.4, 0.5) is 4.39 Å². The summed E-state index contributed by atoms with van der Waals surface area (Å²) in [7, 11) is 0. The lowest BCUT2D eigenvalue weighted by atomic mass is 9.86. The van der Waals surface area contributed by atoms with Crippen LogP contribution in [0, 0.1) is 5.82 Å². The first kappa shape index (κ1) is 17.8. The van der Waals surface area contributed by atoms with Gasteiger partial charge in [0.1, 0.15) is 5.82 Å². The van der Waals surface area contributed by atoms with Gasteiger partial charge in [0.15, 0.2) is 0 Å². The monoisotopic (exact) mass is 336 g/mol. The third-order valence-electron chi connectivity index (χ3n) is 5.80. The minimum Gasteiger partial charge on any atom is -0.387 e. The number of halogens is 1. The van der Waals surface area contributed by atoms with E-state index in [-0.39, 0.29) is 17.4 Å². The van der Waals surface area contributed by atoms with Gasteiger partial charge in [0.05, 0.1) is 19.3 Å². The first-order valence-corrected chi connectivity index (χ1v) is 9.12. The van der Waals surface area contributed by atoms with E-state index in [9.17, 15) is 9.50 Å². The van der Waals surface area contributed by atoms with Gasteiger partial charge in [0.2, 0.25) is 0 Å². The maximum absolute atomic E-state index is 13.8. The van der Waals surface area contributed by atoms with Crippen molar-refractivity contribution in [1.29, 1.82) is 0 Å². The SMILES string of the molecule is C[C@@H](NC[C@H](O)c1ccccc1F)C1(N2CCOCC2)CCCC1. The maximum Gasteiger partial charge on any atom is 0.129 e. The molecule has 24 heavy (non-hydrogen) atoms. The van der Waals surface area contributed by atoms with E-state index in [4.69, 9.17) is 4.74 Å². The number of aliphatic hydroxyl groups excluding tert-OH is 1. The molecule has 0 radical (unpaired) electrons. The van der Waals surface area contributed by atoms with Gasteiger partial charge >= 0.3 is 0 Å². The summed E-state index contributed by atoms with van der Waals surface area (Å²) in [6.07, 6.45) is 4.03. The average molecular weight is 336 g/mol. The standard InChI is InChI=1S/C19H29FN2O2/c1-15(21-14-18(23)16-6-2-3-7-17(16)20)19(8-4-5-9-19)22-10-12-24-13-11-22/h2-3,6-7,15,18,21,23H,4-5,8-14H2,1H3/t15-,18+/m1/s1. The van der Waals surface area contributed by atoms with Gasteiger partial charge in [0.25, 0.3) is 0 Å². The van der Waals surface area contributed by atoms with Gasteiger partial charge in [-0.2, -0.15) is 0 Å². The molecule has 1 aliphatic carbocycles. The highest BCUT2D eigenvalue weighted by Crippen LogP contribution is 2.38. The van der Waals surface area contributed by atoms with Crippen molar-refractivity contribution in [3.63, 3.8) is 0 Å². The van der Waals surface area contributed by atoms with Crippen molar-refractivity contribution < 1.29 is 14.2 Å². The van der Waals surface area contributed by atoms with Crippen molar-refractivity contribution in [2.45, 2.75) is 50.3 Å². The number of nitrogens with zero attached hydrogens (tertiary/aromatic N) is 1. The van der Waals surface area contributed by atoms with E-state index in [0.717, 1.165) is 26.3 Å². The number of rotatable bonds is 6. The number of aliphatic hydroxyl groups is 1. The van der Waals surface area contributed by atoms with Gasteiger partial charge in [-0.05, 0) is 25.8 Å². The van der Waals surface area contributed by atoms with E-state index < -0.39 is 6.10 Å². The number of ether oxygens (including phenoxy) is 1. The van der Waals surface area contributed by atoms with Gasteiger partial charge in [-0.1, -0.05) is 31.0 Å². The molecule has 0 aromatic heterocycles. The number of nitrogens with one attached hydrogen (secondary N) is 1. The van der Waals surface area contributed by atoms with Crippen LogP contribution in [0.15, 0.2) is 24.3 Å². The minimum absolute atomic E-state index is 0.138. The summed E-state index contributed by atoms with van der Waals surface area (Å²) in [6.45, 7) is 6.12. The summed E-state index contributed by atoms with van der Waals surface area (Å²) in [4.78, 5) is 2.57. The summed E-state index contributed by atoms with van der Waals surface area (Å²) in [5.41, 5.74) is 0.502. The molecule has 2 N–H and O–H groups in total. The van der Waals surface area contributed by atoms with Crippen molar-refractivity contribution in [2.24, 2.45) is 0 Å². The predicted octanol–water partition coefficient (Wildman–Crippen LogP) is 2.48. The fraction of sp³-hybridized carbons (Fsp3) is 0.684. The molecule has 3 rings (SSSR count). The van der Waals surface area contributed by atoms with E-state index in [2.05, 4.69) is 17.1 Å². The van der Waals surface area contributed by atoms with Crippen molar-refractivity contribution in [1.82, 2.24) is 10.2 Å². The Bertz CT molecular complexity index is 528. The van der Waals surface area contributed by atoms with Crippen LogP contribution in [-0.2, 0) is 4.74 Å².